The third-order valence-electron chi connectivity index (χ3n) is 3.57. The predicted octanol–water partition coefficient (Wildman–Crippen LogP) is 2.91. The number of nitrogens with one attached hydrogen (secondary N) is 1. The summed E-state index contributed by atoms with van der Waals surface area (Å²) in [7, 11) is 0. The number of rotatable bonds is 6. The van der Waals surface area contributed by atoms with Crippen molar-refractivity contribution >= 4 is 16.9 Å². The molecule has 1 N–H and O–H groups in total. The van der Waals surface area contributed by atoms with E-state index in [1.807, 2.05) is 18.7 Å². The molecular weight excluding hydrogens is 232 g/mol. The van der Waals surface area contributed by atoms with Crippen LogP contribution in [0, 0.1) is 5.41 Å². The summed E-state index contributed by atoms with van der Waals surface area (Å²) in [6.07, 6.45) is 2.71. The fraction of sp³-hybridized carbons (Fsp3) is 0.923. The zero-order valence-electron chi connectivity index (χ0n) is 11.6. The van der Waals surface area contributed by atoms with Crippen molar-refractivity contribution < 1.29 is 4.74 Å². The first-order valence-corrected chi connectivity index (χ1v) is 7.67. The highest BCUT2D eigenvalue weighted by Crippen LogP contribution is 2.34. The van der Waals surface area contributed by atoms with Crippen molar-refractivity contribution in [1.82, 2.24) is 5.32 Å². The Kier molecular flexibility index (Phi) is 6.34. The Bertz CT molecular complexity index is 252. The van der Waals surface area contributed by atoms with Gasteiger partial charge >= 0.3 is 0 Å². The molecule has 17 heavy (non-hydrogen) atoms. The lowest BCUT2D eigenvalue weighted by Crippen LogP contribution is -2.37. The average Bonchev–Trinajstić information content (AvgIpc) is 2.37. The molecule has 1 atom stereocenters. The first-order valence-electron chi connectivity index (χ1n) is 6.68. The maximum absolute atomic E-state index is 5.49. The Morgan fingerprint density at radius 3 is 2.59 bits per heavy atom. The molecule has 1 unspecified atom stereocenters. The van der Waals surface area contributed by atoms with Crippen LogP contribution >= 0.6 is 11.8 Å². The van der Waals surface area contributed by atoms with E-state index in [0.717, 1.165) is 24.9 Å². The lowest BCUT2D eigenvalue weighted by atomic mass is 9.84. The number of thioether (sulfide) groups is 1. The monoisotopic (exact) mass is 258 g/mol. The lowest BCUT2D eigenvalue weighted by Gasteiger charge is -2.33. The molecule has 0 amide bonds. The first-order chi connectivity index (χ1) is 8.15. The molecule has 1 aliphatic heterocycles. The quantitative estimate of drug-likeness (QED) is 0.795. The molecule has 0 radical (unpaired) electrons. The van der Waals surface area contributed by atoms with Gasteiger partial charge in [-0.15, -0.1) is 0 Å². The Morgan fingerprint density at radius 2 is 2.12 bits per heavy atom. The van der Waals surface area contributed by atoms with Gasteiger partial charge in [0.05, 0.1) is 6.10 Å². The van der Waals surface area contributed by atoms with Crippen LogP contribution in [0.5, 0.6) is 0 Å². The van der Waals surface area contributed by atoms with Crippen molar-refractivity contribution in [2.75, 3.05) is 25.4 Å². The van der Waals surface area contributed by atoms with E-state index in [1.165, 1.54) is 18.6 Å². The second-order valence-electron chi connectivity index (χ2n) is 4.76. The molecule has 0 aromatic rings. The highest BCUT2D eigenvalue weighted by atomic mass is 32.2. The molecule has 100 valence electrons. The van der Waals surface area contributed by atoms with E-state index >= 15 is 0 Å². The molecular formula is C13H26N2OS. The average molecular weight is 258 g/mol. The fourth-order valence-corrected chi connectivity index (χ4v) is 3.20. The summed E-state index contributed by atoms with van der Waals surface area (Å²) in [5.41, 5.74) is 0.432. The van der Waals surface area contributed by atoms with E-state index in [0.29, 0.717) is 5.41 Å². The zero-order chi connectivity index (χ0) is 12.7. The molecule has 0 spiro atoms. The number of ether oxygens (including phenoxy) is 1. The molecule has 4 heteroatoms. The van der Waals surface area contributed by atoms with Crippen molar-refractivity contribution in [3.05, 3.63) is 0 Å². The smallest absolute Gasteiger partial charge is 0.156 e. The van der Waals surface area contributed by atoms with Crippen molar-refractivity contribution in [3.63, 3.8) is 0 Å². The van der Waals surface area contributed by atoms with Gasteiger partial charge in [0.2, 0.25) is 0 Å². The summed E-state index contributed by atoms with van der Waals surface area (Å²) in [6, 6.07) is 0. The fourth-order valence-electron chi connectivity index (χ4n) is 1.91. The Hall–Kier alpha value is -0.220. The van der Waals surface area contributed by atoms with E-state index in [4.69, 9.17) is 4.74 Å². The van der Waals surface area contributed by atoms with Crippen molar-refractivity contribution in [2.45, 2.75) is 46.6 Å². The van der Waals surface area contributed by atoms with E-state index in [2.05, 4.69) is 31.1 Å². The van der Waals surface area contributed by atoms with Crippen LogP contribution in [0.25, 0.3) is 0 Å². The van der Waals surface area contributed by atoms with Crippen LogP contribution in [0.4, 0.5) is 0 Å². The van der Waals surface area contributed by atoms with Gasteiger partial charge in [0.15, 0.2) is 5.17 Å². The molecule has 0 aliphatic carbocycles. The number of aliphatic imine (C=N–C) groups is 1. The number of amidine groups is 1. The van der Waals surface area contributed by atoms with Gasteiger partial charge in [-0.3, -0.25) is 4.99 Å². The number of hydrogen-bond donors (Lipinski definition) is 1. The van der Waals surface area contributed by atoms with Crippen LogP contribution in [-0.2, 0) is 4.74 Å². The molecule has 0 aromatic carbocycles. The maximum Gasteiger partial charge on any atom is 0.156 e. The molecule has 3 nitrogen and oxygen atoms in total. The largest absolute Gasteiger partial charge is 0.377 e. The molecule has 0 saturated heterocycles. The summed E-state index contributed by atoms with van der Waals surface area (Å²) < 4.78 is 5.49. The van der Waals surface area contributed by atoms with Crippen molar-refractivity contribution in [3.8, 4) is 0 Å². The standard InChI is InChI=1S/C13H26N2OS/c1-5-13(6-2)9-15-12(17-10-13)14-8-11(4)16-7-3/h11H,5-10H2,1-4H3,(H,14,15). The SMILES string of the molecule is CCOC(C)CNC1=NCC(CC)(CC)CS1. The predicted molar refractivity (Wildman–Crippen MR) is 76.9 cm³/mol. The van der Waals surface area contributed by atoms with Crippen LogP contribution in [0.1, 0.15) is 40.5 Å². The van der Waals surface area contributed by atoms with Gasteiger partial charge in [-0.2, -0.15) is 0 Å². The number of nitrogens with zero attached hydrogens (tertiary/aromatic N) is 1. The maximum atomic E-state index is 5.49. The second kappa shape index (κ2) is 7.27. The van der Waals surface area contributed by atoms with Gasteiger partial charge in [0.25, 0.3) is 0 Å². The van der Waals surface area contributed by atoms with E-state index < -0.39 is 0 Å². The van der Waals surface area contributed by atoms with Crippen molar-refractivity contribution in [2.24, 2.45) is 10.4 Å². The van der Waals surface area contributed by atoms with Gasteiger partial charge in [0, 0.05) is 25.4 Å². The first kappa shape index (κ1) is 14.8. The summed E-state index contributed by atoms with van der Waals surface area (Å²) in [5.74, 6) is 1.19. The summed E-state index contributed by atoms with van der Waals surface area (Å²) >= 11 is 1.86. The van der Waals surface area contributed by atoms with Gasteiger partial charge in [-0.05, 0) is 32.1 Å². The van der Waals surface area contributed by atoms with Crippen LogP contribution in [-0.4, -0.2) is 36.7 Å². The minimum Gasteiger partial charge on any atom is -0.377 e. The third-order valence-corrected chi connectivity index (χ3v) is 4.87. The van der Waals surface area contributed by atoms with Crippen LogP contribution in [0.15, 0.2) is 4.99 Å². The normalized spacial score (nSPS) is 20.8. The lowest BCUT2D eigenvalue weighted by molar-refractivity contribution is 0.0795. The molecule has 0 fully saturated rings. The third kappa shape index (κ3) is 4.51. The van der Waals surface area contributed by atoms with Crippen LogP contribution in [0.2, 0.25) is 0 Å². The highest BCUT2D eigenvalue weighted by Gasteiger charge is 2.29. The van der Waals surface area contributed by atoms with Gasteiger partial charge in [-0.1, -0.05) is 25.6 Å². The molecule has 0 bridgehead atoms. The van der Waals surface area contributed by atoms with Crippen LogP contribution < -0.4 is 5.32 Å². The van der Waals surface area contributed by atoms with E-state index in [-0.39, 0.29) is 6.10 Å². The Labute approximate surface area is 110 Å². The highest BCUT2D eigenvalue weighted by molar-refractivity contribution is 8.13. The Morgan fingerprint density at radius 1 is 1.41 bits per heavy atom. The molecule has 0 aromatic heterocycles. The minimum absolute atomic E-state index is 0.257. The summed E-state index contributed by atoms with van der Waals surface area (Å²) in [4.78, 5) is 4.67. The molecule has 1 heterocycles. The Balaban J connectivity index is 2.36. The van der Waals surface area contributed by atoms with Gasteiger partial charge in [-0.25, -0.2) is 0 Å². The zero-order valence-corrected chi connectivity index (χ0v) is 12.4. The molecule has 1 aliphatic rings. The summed E-state index contributed by atoms with van der Waals surface area (Å²) in [5, 5.41) is 4.47. The van der Waals surface area contributed by atoms with E-state index in [9.17, 15) is 0 Å². The summed E-state index contributed by atoms with van der Waals surface area (Å²) in [6.45, 7) is 11.3. The van der Waals surface area contributed by atoms with Crippen molar-refractivity contribution in [1.29, 1.82) is 0 Å². The van der Waals surface area contributed by atoms with Gasteiger partial charge in [0.1, 0.15) is 0 Å². The second-order valence-corrected chi connectivity index (χ2v) is 5.73. The number of hydrogen-bond acceptors (Lipinski definition) is 4. The molecule has 0 saturated carbocycles. The molecule has 1 rings (SSSR count). The minimum atomic E-state index is 0.257. The van der Waals surface area contributed by atoms with Gasteiger partial charge < -0.3 is 10.1 Å². The van der Waals surface area contributed by atoms with E-state index in [1.54, 1.807) is 0 Å². The topological polar surface area (TPSA) is 33.6 Å². The van der Waals surface area contributed by atoms with Crippen LogP contribution in [0.3, 0.4) is 0 Å².